The number of amides is 2. The molecule has 37 heavy (non-hydrogen) atoms. The predicted octanol–water partition coefficient (Wildman–Crippen LogP) is 4.77. The summed E-state index contributed by atoms with van der Waals surface area (Å²) in [6.45, 7) is 0.179. The number of imidazole rings is 1. The summed E-state index contributed by atoms with van der Waals surface area (Å²) in [6, 6.07) is 31.2. The number of aromatic nitrogens is 2. The van der Waals surface area contributed by atoms with Crippen molar-refractivity contribution in [2.24, 2.45) is 12.8 Å². The van der Waals surface area contributed by atoms with Crippen molar-refractivity contribution in [3.63, 3.8) is 0 Å². The highest BCUT2D eigenvalue weighted by molar-refractivity contribution is 5.96. The third-order valence-corrected chi connectivity index (χ3v) is 6.22. The van der Waals surface area contributed by atoms with Crippen LogP contribution in [0.15, 0.2) is 103 Å². The van der Waals surface area contributed by atoms with Gasteiger partial charge >= 0.3 is 0 Å². The van der Waals surface area contributed by atoms with Crippen LogP contribution < -0.4 is 15.8 Å². The first-order chi connectivity index (χ1) is 18.0. The van der Waals surface area contributed by atoms with Crippen molar-refractivity contribution >= 4 is 22.8 Å². The van der Waals surface area contributed by atoms with Crippen LogP contribution in [0.1, 0.15) is 43.7 Å². The first-order valence-electron chi connectivity index (χ1n) is 11.9. The number of benzene rings is 4. The lowest BCUT2D eigenvalue weighted by Crippen LogP contribution is -2.31. The van der Waals surface area contributed by atoms with Gasteiger partial charge in [0.25, 0.3) is 11.8 Å². The van der Waals surface area contributed by atoms with Gasteiger partial charge in [0.2, 0.25) is 0 Å². The number of carbonyl (C=O) groups excluding carboxylic acids is 2. The Kier molecular flexibility index (Phi) is 6.68. The van der Waals surface area contributed by atoms with Crippen LogP contribution in [-0.2, 0) is 13.7 Å². The summed E-state index contributed by atoms with van der Waals surface area (Å²) in [5, 5.41) is 3.17. The van der Waals surface area contributed by atoms with Gasteiger partial charge in [-0.25, -0.2) is 4.98 Å². The van der Waals surface area contributed by atoms with Gasteiger partial charge in [0.15, 0.2) is 0 Å². The molecule has 1 unspecified atom stereocenters. The van der Waals surface area contributed by atoms with E-state index in [4.69, 9.17) is 15.5 Å². The van der Waals surface area contributed by atoms with E-state index in [1.807, 2.05) is 72.3 Å². The lowest BCUT2D eigenvalue weighted by atomic mass is 10.0. The maximum absolute atomic E-state index is 13.4. The number of primary amides is 1. The summed E-state index contributed by atoms with van der Waals surface area (Å²) in [7, 11) is 1.95. The molecule has 0 radical (unpaired) electrons. The van der Waals surface area contributed by atoms with E-state index in [1.165, 1.54) is 0 Å². The fraction of sp³-hybridized carbons (Fsp3) is 0.100. The second-order valence-corrected chi connectivity index (χ2v) is 8.68. The van der Waals surface area contributed by atoms with Gasteiger partial charge < -0.3 is 20.4 Å². The largest absolute Gasteiger partial charge is 0.488 e. The number of hydrogen-bond acceptors (Lipinski definition) is 4. The molecule has 0 saturated heterocycles. The van der Waals surface area contributed by atoms with E-state index in [0.29, 0.717) is 16.9 Å². The Morgan fingerprint density at radius 3 is 2.43 bits per heavy atom. The number of rotatable bonds is 8. The van der Waals surface area contributed by atoms with Gasteiger partial charge in [-0.1, -0.05) is 66.7 Å². The average molecular weight is 491 g/mol. The fourth-order valence-electron chi connectivity index (χ4n) is 4.34. The minimum atomic E-state index is -0.558. The van der Waals surface area contributed by atoms with Crippen molar-refractivity contribution in [2.75, 3.05) is 0 Å². The second kappa shape index (κ2) is 10.4. The molecule has 2 amide bonds. The number of ether oxygens (including phenoxy) is 1. The minimum absolute atomic E-state index is 0.179. The van der Waals surface area contributed by atoms with Gasteiger partial charge in [0, 0.05) is 12.6 Å². The standard InChI is InChI=1S/C30H26N4O3/c1-34-25-16-7-6-15-24(25)32-29(34)27(21-11-3-2-4-12-21)33-30(36)22-13-9-10-20(18-22)19-37-26-17-8-5-14-23(26)28(31)35/h2-18,27H,19H2,1H3,(H2,31,35)(H,33,36). The Bertz CT molecular complexity index is 1580. The summed E-state index contributed by atoms with van der Waals surface area (Å²) in [5.74, 6) is 0.345. The molecule has 0 aliphatic rings. The van der Waals surface area contributed by atoms with E-state index < -0.39 is 11.9 Å². The Morgan fingerprint density at radius 2 is 1.65 bits per heavy atom. The molecule has 1 heterocycles. The lowest BCUT2D eigenvalue weighted by molar-refractivity contribution is 0.0940. The van der Waals surface area contributed by atoms with Crippen molar-refractivity contribution < 1.29 is 14.3 Å². The average Bonchev–Trinajstić information content (AvgIpc) is 3.27. The summed E-state index contributed by atoms with van der Waals surface area (Å²) in [6.07, 6.45) is 0. The lowest BCUT2D eigenvalue weighted by Gasteiger charge is -2.19. The number of para-hydroxylation sites is 3. The maximum Gasteiger partial charge on any atom is 0.252 e. The molecule has 0 saturated carbocycles. The van der Waals surface area contributed by atoms with E-state index >= 15 is 0 Å². The number of hydrogen-bond donors (Lipinski definition) is 2. The molecule has 0 spiro atoms. The van der Waals surface area contributed by atoms with Crippen LogP contribution in [0.4, 0.5) is 0 Å². The van der Waals surface area contributed by atoms with Gasteiger partial charge in [0.1, 0.15) is 24.2 Å². The Hall–Kier alpha value is -4.91. The van der Waals surface area contributed by atoms with Crippen LogP contribution in [0.5, 0.6) is 5.75 Å². The van der Waals surface area contributed by atoms with E-state index in [1.54, 1.807) is 42.5 Å². The molecule has 184 valence electrons. The monoisotopic (exact) mass is 490 g/mol. The molecule has 5 rings (SSSR count). The smallest absolute Gasteiger partial charge is 0.252 e. The van der Waals surface area contributed by atoms with Crippen LogP contribution >= 0.6 is 0 Å². The topological polar surface area (TPSA) is 99.2 Å². The van der Waals surface area contributed by atoms with Crippen LogP contribution in [0, 0.1) is 0 Å². The zero-order valence-corrected chi connectivity index (χ0v) is 20.3. The van der Waals surface area contributed by atoms with Crippen molar-refractivity contribution in [3.8, 4) is 5.75 Å². The highest BCUT2D eigenvalue weighted by Gasteiger charge is 2.23. The maximum atomic E-state index is 13.4. The number of aryl methyl sites for hydroxylation is 1. The minimum Gasteiger partial charge on any atom is -0.488 e. The van der Waals surface area contributed by atoms with Gasteiger partial charge in [-0.15, -0.1) is 0 Å². The third-order valence-electron chi connectivity index (χ3n) is 6.22. The molecular formula is C30H26N4O3. The van der Waals surface area contributed by atoms with Crippen molar-refractivity contribution in [1.29, 1.82) is 0 Å². The van der Waals surface area contributed by atoms with E-state index in [-0.39, 0.29) is 12.5 Å². The Labute approximate surface area is 214 Å². The van der Waals surface area contributed by atoms with Crippen molar-refractivity contribution in [1.82, 2.24) is 14.9 Å². The molecule has 0 bridgehead atoms. The van der Waals surface area contributed by atoms with E-state index in [2.05, 4.69) is 5.32 Å². The van der Waals surface area contributed by atoms with E-state index in [0.717, 1.165) is 28.0 Å². The molecule has 4 aromatic carbocycles. The number of nitrogens with two attached hydrogens (primary N) is 1. The van der Waals surface area contributed by atoms with Gasteiger partial charge in [-0.3, -0.25) is 9.59 Å². The van der Waals surface area contributed by atoms with Gasteiger partial charge in [-0.05, 0) is 47.5 Å². The zero-order valence-electron chi connectivity index (χ0n) is 20.3. The first kappa shape index (κ1) is 23.8. The van der Waals surface area contributed by atoms with Crippen LogP contribution in [0.25, 0.3) is 11.0 Å². The number of fused-ring (bicyclic) bond motifs is 1. The molecule has 7 nitrogen and oxygen atoms in total. The molecule has 5 aromatic rings. The molecule has 1 aromatic heterocycles. The number of nitrogens with one attached hydrogen (secondary N) is 1. The highest BCUT2D eigenvalue weighted by Crippen LogP contribution is 2.26. The van der Waals surface area contributed by atoms with Crippen LogP contribution in [-0.4, -0.2) is 21.4 Å². The molecular weight excluding hydrogens is 464 g/mol. The van der Waals surface area contributed by atoms with Gasteiger partial charge in [0.05, 0.1) is 16.6 Å². The van der Waals surface area contributed by atoms with Crippen LogP contribution in [0.2, 0.25) is 0 Å². The SMILES string of the molecule is Cn1c(C(NC(=O)c2cccc(COc3ccccc3C(N)=O)c2)c2ccccc2)nc2ccccc21. The fourth-order valence-corrected chi connectivity index (χ4v) is 4.34. The summed E-state index contributed by atoms with van der Waals surface area (Å²) >= 11 is 0. The van der Waals surface area contributed by atoms with E-state index in [9.17, 15) is 9.59 Å². The van der Waals surface area contributed by atoms with Crippen molar-refractivity contribution in [3.05, 3.63) is 131 Å². The highest BCUT2D eigenvalue weighted by atomic mass is 16.5. The predicted molar refractivity (Wildman–Crippen MR) is 142 cm³/mol. The molecule has 0 aliphatic heterocycles. The molecule has 0 aliphatic carbocycles. The summed E-state index contributed by atoms with van der Waals surface area (Å²) in [4.78, 5) is 30.0. The Morgan fingerprint density at radius 1 is 0.919 bits per heavy atom. The zero-order chi connectivity index (χ0) is 25.8. The van der Waals surface area contributed by atoms with Crippen LogP contribution in [0.3, 0.4) is 0 Å². The number of nitrogens with zero attached hydrogens (tertiary/aromatic N) is 2. The molecule has 0 fully saturated rings. The first-order valence-corrected chi connectivity index (χ1v) is 11.9. The Balaban J connectivity index is 1.40. The van der Waals surface area contributed by atoms with Crippen molar-refractivity contribution in [2.45, 2.75) is 12.6 Å². The quantitative estimate of drug-likeness (QED) is 0.327. The summed E-state index contributed by atoms with van der Waals surface area (Å²) < 4.78 is 7.85. The summed E-state index contributed by atoms with van der Waals surface area (Å²) in [5.41, 5.74) is 9.81. The molecule has 7 heteroatoms. The number of carbonyl (C=O) groups is 2. The van der Waals surface area contributed by atoms with Gasteiger partial charge in [-0.2, -0.15) is 0 Å². The third kappa shape index (κ3) is 5.06. The molecule has 1 atom stereocenters. The second-order valence-electron chi connectivity index (χ2n) is 8.68. The normalized spacial score (nSPS) is 11.7. The molecule has 3 N–H and O–H groups in total.